The molecule has 0 amide bonds. The minimum absolute atomic E-state index is 0.108. The van der Waals surface area contributed by atoms with E-state index in [1.165, 1.54) is 11.6 Å². The molecule has 4 nitrogen and oxygen atoms in total. The van der Waals surface area contributed by atoms with Crippen LogP contribution in [-0.4, -0.2) is 17.4 Å². The van der Waals surface area contributed by atoms with Crippen LogP contribution >= 0.6 is 0 Å². The van der Waals surface area contributed by atoms with Gasteiger partial charge in [0.05, 0.1) is 6.61 Å². The van der Waals surface area contributed by atoms with Gasteiger partial charge in [-0.05, 0) is 36.6 Å². The van der Waals surface area contributed by atoms with Gasteiger partial charge in [0.1, 0.15) is 12.0 Å². The summed E-state index contributed by atoms with van der Waals surface area (Å²) in [5.41, 5.74) is 4.33. The molecule has 1 heterocycles. The van der Waals surface area contributed by atoms with Crippen LogP contribution in [0.3, 0.4) is 0 Å². The van der Waals surface area contributed by atoms with Gasteiger partial charge in [0.2, 0.25) is 0 Å². The summed E-state index contributed by atoms with van der Waals surface area (Å²) < 4.78 is 20.2. The van der Waals surface area contributed by atoms with E-state index in [2.05, 4.69) is 36.5 Å². The zero-order valence-corrected chi connectivity index (χ0v) is 17.8. The summed E-state index contributed by atoms with van der Waals surface area (Å²) in [4.78, 5) is 4.86. The van der Waals surface area contributed by atoms with Crippen molar-refractivity contribution in [3.8, 4) is 11.5 Å². The first-order valence-corrected chi connectivity index (χ1v) is 10.7. The van der Waals surface area contributed by atoms with Crippen LogP contribution in [0.25, 0.3) is 0 Å². The third-order valence-electron chi connectivity index (χ3n) is 5.64. The zero-order valence-electron chi connectivity index (χ0n) is 17.8. The van der Waals surface area contributed by atoms with Crippen molar-refractivity contribution in [1.82, 2.24) is 5.32 Å². The van der Waals surface area contributed by atoms with Crippen LogP contribution in [0, 0.1) is 5.82 Å². The van der Waals surface area contributed by atoms with E-state index in [1.807, 2.05) is 25.1 Å². The van der Waals surface area contributed by atoms with Crippen LogP contribution in [0.2, 0.25) is 0 Å². The Morgan fingerprint density at radius 1 is 1.00 bits per heavy atom. The first kappa shape index (κ1) is 21.1. The van der Waals surface area contributed by atoms with Crippen LogP contribution in [0.15, 0.2) is 71.7 Å². The maximum atomic E-state index is 14.6. The molecular formula is C26H27FN2O2. The number of phenolic OH excluding ortho intramolecular Hbond substituents is 1. The summed E-state index contributed by atoms with van der Waals surface area (Å²) in [6.07, 6.45) is 0.975. The first-order chi connectivity index (χ1) is 15.1. The number of aryl methyl sites for hydroxylation is 1. The van der Waals surface area contributed by atoms with Crippen molar-refractivity contribution in [3.05, 3.63) is 94.8 Å². The molecule has 2 atom stereocenters. The number of rotatable bonds is 6. The Balaban J connectivity index is 1.76. The fraction of sp³-hybridized carbons (Fsp3) is 0.269. The fourth-order valence-electron chi connectivity index (χ4n) is 3.96. The minimum atomic E-state index is -0.559. The number of hydrogen-bond acceptors (Lipinski definition) is 4. The van der Waals surface area contributed by atoms with Crippen LogP contribution in [0.5, 0.6) is 11.5 Å². The Morgan fingerprint density at radius 3 is 2.45 bits per heavy atom. The highest BCUT2D eigenvalue weighted by Gasteiger charge is 2.29. The molecule has 0 aromatic heterocycles. The average molecular weight is 419 g/mol. The van der Waals surface area contributed by atoms with Gasteiger partial charge in [-0.1, -0.05) is 61.5 Å². The molecule has 0 bridgehead atoms. The van der Waals surface area contributed by atoms with Crippen molar-refractivity contribution in [2.45, 2.75) is 38.9 Å². The van der Waals surface area contributed by atoms with Crippen molar-refractivity contribution < 1.29 is 14.2 Å². The first-order valence-electron chi connectivity index (χ1n) is 10.7. The Labute approximate surface area is 182 Å². The summed E-state index contributed by atoms with van der Waals surface area (Å²) in [5, 5.41) is 14.2. The molecule has 5 heteroatoms. The molecule has 3 aromatic rings. The maximum absolute atomic E-state index is 14.6. The lowest BCUT2D eigenvalue weighted by Gasteiger charge is -2.31. The molecule has 31 heavy (non-hydrogen) atoms. The lowest BCUT2D eigenvalue weighted by atomic mass is 9.92. The number of aliphatic imine (C=N–C) groups is 1. The van der Waals surface area contributed by atoms with Gasteiger partial charge >= 0.3 is 0 Å². The summed E-state index contributed by atoms with van der Waals surface area (Å²) in [6.45, 7) is 4.46. The van der Waals surface area contributed by atoms with Crippen molar-refractivity contribution in [2.75, 3.05) is 6.61 Å². The number of para-hydroxylation sites is 1. The Bertz CT molecular complexity index is 1080. The number of nitrogens with one attached hydrogen (secondary N) is 1. The molecular weight excluding hydrogens is 391 g/mol. The SMILES string of the molecule is CCOc1cccc(C2CC(c3ccc(CC)cc3)=NC(c3ccccc3F)N2)c1O. The molecule has 0 aliphatic carbocycles. The van der Waals surface area contributed by atoms with E-state index in [9.17, 15) is 9.50 Å². The fourth-order valence-corrected chi connectivity index (χ4v) is 3.96. The van der Waals surface area contributed by atoms with E-state index in [0.717, 1.165) is 17.7 Å². The van der Waals surface area contributed by atoms with E-state index in [4.69, 9.17) is 9.73 Å². The van der Waals surface area contributed by atoms with Crippen molar-refractivity contribution >= 4 is 5.71 Å². The van der Waals surface area contributed by atoms with Gasteiger partial charge in [-0.25, -0.2) is 4.39 Å². The molecule has 1 aliphatic rings. The summed E-state index contributed by atoms with van der Waals surface area (Å²) in [5.74, 6) is 0.245. The standard InChI is InChI=1S/C26H27FN2O2/c1-3-17-12-14-18(15-13-17)22-16-23(20-9-7-11-24(25(20)30)31-4-2)29-26(28-22)19-8-5-6-10-21(19)27/h5-15,23,26,29-30H,3-4,16H2,1-2H3. The van der Waals surface area contributed by atoms with Gasteiger partial charge in [-0.3, -0.25) is 10.3 Å². The second kappa shape index (κ2) is 9.31. The Morgan fingerprint density at radius 2 is 1.74 bits per heavy atom. The van der Waals surface area contributed by atoms with E-state index >= 15 is 0 Å². The van der Waals surface area contributed by atoms with Crippen LogP contribution in [0.4, 0.5) is 4.39 Å². The lowest BCUT2D eigenvalue weighted by molar-refractivity contribution is 0.313. The highest BCUT2D eigenvalue weighted by atomic mass is 19.1. The molecule has 0 radical (unpaired) electrons. The molecule has 1 aliphatic heterocycles. The third kappa shape index (κ3) is 4.47. The summed E-state index contributed by atoms with van der Waals surface area (Å²) >= 11 is 0. The zero-order chi connectivity index (χ0) is 21.8. The number of halogens is 1. The Kier molecular flexibility index (Phi) is 6.33. The molecule has 0 spiro atoms. The van der Waals surface area contributed by atoms with Gasteiger partial charge < -0.3 is 9.84 Å². The van der Waals surface area contributed by atoms with Crippen LogP contribution < -0.4 is 10.1 Å². The second-order valence-electron chi connectivity index (χ2n) is 7.60. The molecule has 2 N–H and O–H groups in total. The van der Waals surface area contributed by atoms with Crippen LogP contribution in [0.1, 0.15) is 54.7 Å². The summed E-state index contributed by atoms with van der Waals surface area (Å²) in [6, 6.07) is 20.2. The van der Waals surface area contributed by atoms with Gasteiger partial charge in [-0.2, -0.15) is 0 Å². The van der Waals surface area contributed by atoms with Crippen molar-refractivity contribution in [1.29, 1.82) is 0 Å². The van der Waals surface area contributed by atoms with Gasteiger partial charge in [0, 0.05) is 29.3 Å². The number of ether oxygens (including phenoxy) is 1. The highest BCUT2D eigenvalue weighted by Crippen LogP contribution is 2.39. The smallest absolute Gasteiger partial charge is 0.162 e. The minimum Gasteiger partial charge on any atom is -0.504 e. The largest absolute Gasteiger partial charge is 0.504 e. The Hall–Kier alpha value is -3.18. The highest BCUT2D eigenvalue weighted by molar-refractivity contribution is 6.01. The number of nitrogens with zero attached hydrogens (tertiary/aromatic N) is 1. The molecule has 160 valence electrons. The topological polar surface area (TPSA) is 53.8 Å². The molecule has 2 unspecified atom stereocenters. The lowest BCUT2D eigenvalue weighted by Crippen LogP contribution is -2.33. The molecule has 0 fully saturated rings. The maximum Gasteiger partial charge on any atom is 0.162 e. The van der Waals surface area contributed by atoms with Crippen molar-refractivity contribution in [3.63, 3.8) is 0 Å². The third-order valence-corrected chi connectivity index (χ3v) is 5.64. The predicted molar refractivity (Wildman–Crippen MR) is 121 cm³/mol. The average Bonchev–Trinajstić information content (AvgIpc) is 2.80. The van der Waals surface area contributed by atoms with Gasteiger partial charge in [0.15, 0.2) is 11.5 Å². The molecule has 0 saturated heterocycles. The molecule has 3 aromatic carbocycles. The van der Waals surface area contributed by atoms with Crippen molar-refractivity contribution in [2.24, 2.45) is 4.99 Å². The normalized spacial score (nSPS) is 18.5. The second-order valence-corrected chi connectivity index (χ2v) is 7.60. The molecule has 4 rings (SSSR count). The quantitative estimate of drug-likeness (QED) is 0.539. The number of benzene rings is 3. The molecule has 0 saturated carbocycles. The van der Waals surface area contributed by atoms with Gasteiger partial charge in [-0.15, -0.1) is 0 Å². The summed E-state index contributed by atoms with van der Waals surface area (Å²) in [7, 11) is 0. The van der Waals surface area contributed by atoms with E-state index < -0.39 is 6.17 Å². The predicted octanol–water partition coefficient (Wildman–Crippen LogP) is 5.71. The van der Waals surface area contributed by atoms with Gasteiger partial charge in [0.25, 0.3) is 0 Å². The number of phenols is 1. The van der Waals surface area contributed by atoms with Crippen LogP contribution in [-0.2, 0) is 6.42 Å². The van der Waals surface area contributed by atoms with E-state index in [0.29, 0.717) is 29.9 Å². The monoisotopic (exact) mass is 418 g/mol. The number of aromatic hydroxyl groups is 1. The van der Waals surface area contributed by atoms with E-state index in [1.54, 1.807) is 18.2 Å². The van der Waals surface area contributed by atoms with E-state index in [-0.39, 0.29) is 17.6 Å². The number of hydrogen-bond donors (Lipinski definition) is 2.